The minimum atomic E-state index is 0.260. The van der Waals surface area contributed by atoms with Crippen molar-refractivity contribution in [1.82, 2.24) is 10.6 Å². The highest BCUT2D eigenvalue weighted by atomic mass is 14.9. The van der Waals surface area contributed by atoms with Gasteiger partial charge in [-0.1, -0.05) is 0 Å². The first-order chi connectivity index (χ1) is 8.56. The van der Waals surface area contributed by atoms with E-state index in [-0.39, 0.29) is 12.1 Å². The summed E-state index contributed by atoms with van der Waals surface area (Å²) in [5, 5.41) is 6.86. The van der Waals surface area contributed by atoms with Gasteiger partial charge in [-0.25, -0.2) is 0 Å². The van der Waals surface area contributed by atoms with Gasteiger partial charge in [0.1, 0.15) is 0 Å². The van der Waals surface area contributed by atoms with Crippen LogP contribution in [0.15, 0.2) is 0 Å². The molecule has 3 unspecified atom stereocenters. The first-order valence-electron chi connectivity index (χ1n) is 7.21. The van der Waals surface area contributed by atoms with Crippen LogP contribution in [-0.4, -0.2) is 44.3 Å². The van der Waals surface area contributed by atoms with E-state index in [9.17, 15) is 0 Å². The Hall–Kier alpha value is -0.200. The largest absolute Gasteiger partial charge is 0.329 e. The first-order valence-corrected chi connectivity index (χ1v) is 7.21. The fourth-order valence-corrected chi connectivity index (χ4v) is 1.75. The molecule has 0 aromatic rings. The molecule has 0 aliphatic rings. The Balaban J connectivity index is 3.38. The molecule has 0 aromatic heterocycles. The monoisotopic (exact) mass is 259 g/mol. The van der Waals surface area contributed by atoms with Crippen LogP contribution >= 0.6 is 0 Å². The van der Waals surface area contributed by atoms with Gasteiger partial charge in [-0.2, -0.15) is 0 Å². The highest BCUT2D eigenvalue weighted by Crippen LogP contribution is 1.96. The summed E-state index contributed by atoms with van der Waals surface area (Å²) < 4.78 is 0. The summed E-state index contributed by atoms with van der Waals surface area (Å²) in [5.41, 5.74) is 17.1. The van der Waals surface area contributed by atoms with Gasteiger partial charge in [-0.05, 0) is 59.2 Å². The van der Waals surface area contributed by atoms with Gasteiger partial charge in [-0.3, -0.25) is 0 Å². The number of hydrogen-bond donors (Lipinski definition) is 5. The Kier molecular flexibility index (Phi) is 11.7. The molecule has 0 aliphatic carbocycles. The molecule has 0 rings (SSSR count). The molecule has 0 aliphatic heterocycles. The van der Waals surface area contributed by atoms with E-state index >= 15 is 0 Å². The normalized spacial score (nSPS) is 16.5. The molecule has 8 N–H and O–H groups in total. The summed E-state index contributed by atoms with van der Waals surface area (Å²) in [5.74, 6) is 0. The standard InChI is InChI=1S/C13H33N5/c1-11(15)5-8-17-7-3-4-13(10-14)18-9-6-12(2)16/h11-13,17-18H,3-10,14-16H2,1-2H3. The summed E-state index contributed by atoms with van der Waals surface area (Å²) in [4.78, 5) is 0. The quantitative estimate of drug-likeness (QED) is 0.311. The second-order valence-corrected chi connectivity index (χ2v) is 5.31. The number of nitrogens with one attached hydrogen (secondary N) is 2. The van der Waals surface area contributed by atoms with Crippen molar-refractivity contribution >= 4 is 0 Å². The van der Waals surface area contributed by atoms with Crippen LogP contribution in [0, 0.1) is 0 Å². The zero-order chi connectivity index (χ0) is 13.8. The Bertz CT molecular complexity index is 173. The zero-order valence-corrected chi connectivity index (χ0v) is 12.1. The third kappa shape index (κ3) is 12.3. The molecule has 0 aromatic carbocycles. The molecular weight excluding hydrogens is 226 g/mol. The van der Waals surface area contributed by atoms with E-state index < -0.39 is 0 Å². The summed E-state index contributed by atoms with van der Waals surface area (Å²) in [7, 11) is 0. The minimum Gasteiger partial charge on any atom is -0.329 e. The fourth-order valence-electron chi connectivity index (χ4n) is 1.75. The Morgan fingerprint density at radius 3 is 2.06 bits per heavy atom. The number of rotatable bonds is 12. The molecule has 0 radical (unpaired) electrons. The Morgan fingerprint density at radius 1 is 0.889 bits per heavy atom. The van der Waals surface area contributed by atoms with Crippen LogP contribution in [0.2, 0.25) is 0 Å². The minimum absolute atomic E-state index is 0.260. The van der Waals surface area contributed by atoms with Crippen LogP contribution in [0.4, 0.5) is 0 Å². The van der Waals surface area contributed by atoms with Gasteiger partial charge in [0.05, 0.1) is 0 Å². The molecule has 110 valence electrons. The highest BCUT2D eigenvalue weighted by molar-refractivity contribution is 4.69. The summed E-state index contributed by atoms with van der Waals surface area (Å²) >= 11 is 0. The van der Waals surface area contributed by atoms with E-state index in [1.54, 1.807) is 0 Å². The van der Waals surface area contributed by atoms with Crippen molar-refractivity contribution in [3.63, 3.8) is 0 Å². The molecular formula is C13H33N5. The first kappa shape index (κ1) is 17.8. The maximum atomic E-state index is 5.74. The highest BCUT2D eigenvalue weighted by Gasteiger charge is 2.05. The molecule has 0 saturated carbocycles. The van der Waals surface area contributed by atoms with Gasteiger partial charge < -0.3 is 27.8 Å². The van der Waals surface area contributed by atoms with E-state index in [1.165, 1.54) is 0 Å². The van der Waals surface area contributed by atoms with E-state index in [1.807, 2.05) is 13.8 Å². The second-order valence-electron chi connectivity index (χ2n) is 5.31. The SMILES string of the molecule is CC(N)CCNCCCC(CN)NCCC(C)N. The van der Waals surface area contributed by atoms with Gasteiger partial charge in [0.25, 0.3) is 0 Å². The van der Waals surface area contributed by atoms with Crippen molar-refractivity contribution < 1.29 is 0 Å². The molecule has 0 spiro atoms. The average molecular weight is 259 g/mol. The average Bonchev–Trinajstić information content (AvgIpc) is 2.30. The molecule has 18 heavy (non-hydrogen) atoms. The van der Waals surface area contributed by atoms with Crippen molar-refractivity contribution in [3.8, 4) is 0 Å². The molecule has 0 bridgehead atoms. The fraction of sp³-hybridized carbons (Fsp3) is 1.00. The van der Waals surface area contributed by atoms with Crippen molar-refractivity contribution in [2.75, 3.05) is 26.2 Å². The third-order valence-corrected chi connectivity index (χ3v) is 3.00. The van der Waals surface area contributed by atoms with Gasteiger partial charge in [0.15, 0.2) is 0 Å². The van der Waals surface area contributed by atoms with E-state index in [0.29, 0.717) is 12.6 Å². The van der Waals surface area contributed by atoms with Crippen LogP contribution in [0.25, 0.3) is 0 Å². The van der Waals surface area contributed by atoms with Crippen LogP contribution in [0.1, 0.15) is 39.5 Å². The van der Waals surface area contributed by atoms with Gasteiger partial charge in [0.2, 0.25) is 0 Å². The van der Waals surface area contributed by atoms with E-state index in [0.717, 1.165) is 45.3 Å². The van der Waals surface area contributed by atoms with E-state index in [2.05, 4.69) is 10.6 Å². The molecule has 3 atom stereocenters. The van der Waals surface area contributed by atoms with Crippen molar-refractivity contribution in [2.45, 2.75) is 57.7 Å². The lowest BCUT2D eigenvalue weighted by atomic mass is 10.1. The van der Waals surface area contributed by atoms with Gasteiger partial charge >= 0.3 is 0 Å². The van der Waals surface area contributed by atoms with Crippen LogP contribution in [0.5, 0.6) is 0 Å². The van der Waals surface area contributed by atoms with Gasteiger partial charge in [0, 0.05) is 24.7 Å². The van der Waals surface area contributed by atoms with Crippen molar-refractivity contribution in [3.05, 3.63) is 0 Å². The molecule has 5 nitrogen and oxygen atoms in total. The topological polar surface area (TPSA) is 102 Å². The molecule has 5 heteroatoms. The van der Waals surface area contributed by atoms with Crippen LogP contribution in [0.3, 0.4) is 0 Å². The maximum absolute atomic E-state index is 5.74. The maximum Gasteiger partial charge on any atom is 0.0190 e. The number of hydrogen-bond acceptors (Lipinski definition) is 5. The third-order valence-electron chi connectivity index (χ3n) is 3.00. The Morgan fingerprint density at radius 2 is 1.50 bits per heavy atom. The second kappa shape index (κ2) is 11.9. The summed E-state index contributed by atoms with van der Waals surface area (Å²) in [6.45, 7) is 7.76. The molecule has 0 saturated heterocycles. The van der Waals surface area contributed by atoms with Crippen molar-refractivity contribution in [1.29, 1.82) is 0 Å². The lowest BCUT2D eigenvalue weighted by molar-refractivity contribution is 0.449. The smallest absolute Gasteiger partial charge is 0.0190 e. The lowest BCUT2D eigenvalue weighted by Crippen LogP contribution is -2.38. The molecule has 0 amide bonds. The van der Waals surface area contributed by atoms with Crippen LogP contribution in [-0.2, 0) is 0 Å². The summed E-state index contributed by atoms with van der Waals surface area (Å²) in [6.07, 6.45) is 4.29. The predicted molar refractivity (Wildman–Crippen MR) is 79.5 cm³/mol. The van der Waals surface area contributed by atoms with Crippen LogP contribution < -0.4 is 27.8 Å². The Labute approximate surface area is 112 Å². The van der Waals surface area contributed by atoms with E-state index in [4.69, 9.17) is 17.2 Å². The van der Waals surface area contributed by atoms with Gasteiger partial charge in [-0.15, -0.1) is 0 Å². The number of nitrogens with two attached hydrogens (primary N) is 3. The zero-order valence-electron chi connectivity index (χ0n) is 12.1. The molecule has 0 heterocycles. The molecule has 0 fully saturated rings. The predicted octanol–water partition coefficient (Wildman–Crippen LogP) is -0.252. The summed E-state index contributed by atoms with van der Waals surface area (Å²) in [6, 6.07) is 0.962. The van der Waals surface area contributed by atoms with Crippen molar-refractivity contribution in [2.24, 2.45) is 17.2 Å². The lowest BCUT2D eigenvalue weighted by Gasteiger charge is -2.17.